The van der Waals surface area contributed by atoms with E-state index in [0.29, 0.717) is 12.5 Å². The molecule has 6 nitrogen and oxygen atoms in total. The minimum absolute atomic E-state index is 0.112. The SMILES string of the molecule is COC(CNC(=O)NCC1CCCCC1)CC(=O)O. The van der Waals surface area contributed by atoms with Crippen LogP contribution in [0.5, 0.6) is 0 Å². The van der Waals surface area contributed by atoms with Crippen molar-refractivity contribution in [3.8, 4) is 0 Å². The Bertz CT molecular complexity index is 290. The number of carbonyl (C=O) groups is 2. The molecular formula is C13H24N2O4. The number of carboxylic acids is 1. The third kappa shape index (κ3) is 7.00. The second-order valence-electron chi connectivity index (χ2n) is 5.05. The molecule has 1 saturated carbocycles. The van der Waals surface area contributed by atoms with E-state index in [1.165, 1.54) is 39.2 Å². The van der Waals surface area contributed by atoms with Crippen molar-refractivity contribution in [1.29, 1.82) is 0 Å². The summed E-state index contributed by atoms with van der Waals surface area (Å²) in [5, 5.41) is 14.1. The lowest BCUT2D eigenvalue weighted by Crippen LogP contribution is -2.42. The molecule has 0 spiro atoms. The predicted molar refractivity (Wildman–Crippen MR) is 71.0 cm³/mol. The van der Waals surface area contributed by atoms with Gasteiger partial charge in [-0.3, -0.25) is 4.79 Å². The Morgan fingerprint density at radius 2 is 1.95 bits per heavy atom. The van der Waals surface area contributed by atoms with E-state index >= 15 is 0 Å². The van der Waals surface area contributed by atoms with Crippen LogP contribution in [-0.4, -0.2) is 43.4 Å². The van der Waals surface area contributed by atoms with E-state index in [2.05, 4.69) is 10.6 Å². The third-order valence-corrected chi connectivity index (χ3v) is 3.50. The van der Waals surface area contributed by atoms with Crippen molar-refractivity contribution in [1.82, 2.24) is 10.6 Å². The molecule has 0 saturated heterocycles. The van der Waals surface area contributed by atoms with Gasteiger partial charge in [0.15, 0.2) is 0 Å². The summed E-state index contributed by atoms with van der Waals surface area (Å²) in [4.78, 5) is 22.1. The Morgan fingerprint density at radius 1 is 1.26 bits per heavy atom. The van der Waals surface area contributed by atoms with Gasteiger partial charge in [0.25, 0.3) is 0 Å². The summed E-state index contributed by atoms with van der Waals surface area (Å²) in [6.07, 6.45) is 5.56. The van der Waals surface area contributed by atoms with Crippen molar-refractivity contribution in [3.05, 3.63) is 0 Å². The number of rotatable bonds is 7. The van der Waals surface area contributed by atoms with E-state index in [4.69, 9.17) is 9.84 Å². The molecule has 0 aromatic heterocycles. The van der Waals surface area contributed by atoms with Gasteiger partial charge in [-0.1, -0.05) is 19.3 Å². The zero-order valence-corrected chi connectivity index (χ0v) is 11.5. The molecule has 0 aromatic rings. The highest BCUT2D eigenvalue weighted by molar-refractivity contribution is 5.74. The minimum Gasteiger partial charge on any atom is -0.481 e. The van der Waals surface area contributed by atoms with Crippen LogP contribution in [0.15, 0.2) is 0 Å². The standard InChI is InChI=1S/C13H24N2O4/c1-19-11(7-12(16)17)9-15-13(18)14-8-10-5-3-2-4-6-10/h10-11H,2-9H2,1H3,(H,16,17)(H2,14,15,18). The quantitative estimate of drug-likeness (QED) is 0.653. The van der Waals surface area contributed by atoms with Crippen LogP contribution in [-0.2, 0) is 9.53 Å². The molecule has 1 rings (SSSR count). The number of methoxy groups -OCH3 is 1. The maximum Gasteiger partial charge on any atom is 0.314 e. The first-order valence-electron chi connectivity index (χ1n) is 6.88. The summed E-state index contributed by atoms with van der Waals surface area (Å²) in [7, 11) is 1.44. The molecule has 2 amide bonds. The Labute approximate surface area is 113 Å². The van der Waals surface area contributed by atoms with Crippen LogP contribution in [0.1, 0.15) is 38.5 Å². The first kappa shape index (κ1) is 15.8. The highest BCUT2D eigenvalue weighted by Crippen LogP contribution is 2.22. The summed E-state index contributed by atoms with van der Waals surface area (Å²) < 4.78 is 4.98. The van der Waals surface area contributed by atoms with Crippen molar-refractivity contribution in [2.45, 2.75) is 44.6 Å². The average molecular weight is 272 g/mol. The normalized spacial score (nSPS) is 17.7. The number of hydrogen-bond acceptors (Lipinski definition) is 3. The lowest BCUT2D eigenvalue weighted by Gasteiger charge is -2.22. The van der Waals surface area contributed by atoms with Gasteiger partial charge in [0.2, 0.25) is 0 Å². The topological polar surface area (TPSA) is 87.7 Å². The number of nitrogens with one attached hydrogen (secondary N) is 2. The Kier molecular flexibility index (Phi) is 7.25. The first-order chi connectivity index (χ1) is 9.11. The van der Waals surface area contributed by atoms with Crippen LogP contribution in [0.3, 0.4) is 0 Å². The van der Waals surface area contributed by atoms with E-state index < -0.39 is 12.1 Å². The molecular weight excluding hydrogens is 248 g/mol. The Morgan fingerprint density at radius 3 is 2.53 bits per heavy atom. The summed E-state index contributed by atoms with van der Waals surface area (Å²) in [6, 6.07) is -0.252. The highest BCUT2D eigenvalue weighted by atomic mass is 16.5. The number of carbonyl (C=O) groups excluding carboxylic acids is 1. The third-order valence-electron chi connectivity index (χ3n) is 3.50. The second-order valence-corrected chi connectivity index (χ2v) is 5.05. The van der Waals surface area contributed by atoms with Gasteiger partial charge in [-0.15, -0.1) is 0 Å². The van der Waals surface area contributed by atoms with Crippen LogP contribution in [0.25, 0.3) is 0 Å². The van der Waals surface area contributed by atoms with Gasteiger partial charge < -0.3 is 20.5 Å². The average Bonchev–Trinajstić information content (AvgIpc) is 2.42. The van der Waals surface area contributed by atoms with E-state index in [1.807, 2.05) is 0 Å². The molecule has 1 fully saturated rings. The molecule has 3 N–H and O–H groups in total. The summed E-state index contributed by atoms with van der Waals surface area (Å²) in [5.41, 5.74) is 0. The molecule has 1 aliphatic rings. The lowest BCUT2D eigenvalue weighted by atomic mass is 9.89. The predicted octanol–water partition coefficient (Wildman–Crippen LogP) is 1.36. The number of amides is 2. The van der Waals surface area contributed by atoms with Crippen LogP contribution in [0, 0.1) is 5.92 Å². The maximum absolute atomic E-state index is 11.6. The summed E-state index contributed by atoms with van der Waals surface area (Å²) in [5.74, 6) is -0.354. The van der Waals surface area contributed by atoms with Crippen LogP contribution < -0.4 is 10.6 Å². The highest BCUT2D eigenvalue weighted by Gasteiger charge is 2.16. The fourth-order valence-corrected chi connectivity index (χ4v) is 2.33. The lowest BCUT2D eigenvalue weighted by molar-refractivity contribution is -0.139. The van der Waals surface area contributed by atoms with E-state index in [0.717, 1.165) is 0 Å². The van der Waals surface area contributed by atoms with Gasteiger partial charge in [-0.2, -0.15) is 0 Å². The molecule has 0 aliphatic heterocycles. The van der Waals surface area contributed by atoms with Crippen LogP contribution >= 0.6 is 0 Å². The summed E-state index contributed by atoms with van der Waals surface area (Å²) in [6.45, 7) is 0.904. The van der Waals surface area contributed by atoms with Crippen molar-refractivity contribution in [2.75, 3.05) is 20.2 Å². The van der Waals surface area contributed by atoms with Crippen molar-refractivity contribution < 1.29 is 19.4 Å². The number of aliphatic carboxylic acids is 1. The number of hydrogen-bond donors (Lipinski definition) is 3. The van der Waals surface area contributed by atoms with Crippen LogP contribution in [0.4, 0.5) is 4.79 Å². The number of ether oxygens (including phenoxy) is 1. The van der Waals surface area contributed by atoms with E-state index in [9.17, 15) is 9.59 Å². The van der Waals surface area contributed by atoms with Crippen molar-refractivity contribution in [2.24, 2.45) is 5.92 Å². The molecule has 0 heterocycles. The number of carboxylic acid groups (broad SMARTS) is 1. The zero-order chi connectivity index (χ0) is 14.1. The monoisotopic (exact) mass is 272 g/mol. The van der Waals surface area contributed by atoms with E-state index in [1.54, 1.807) is 0 Å². The summed E-state index contributed by atoms with van der Waals surface area (Å²) >= 11 is 0. The van der Waals surface area contributed by atoms with E-state index in [-0.39, 0.29) is 19.0 Å². The van der Waals surface area contributed by atoms with Gasteiger partial charge in [-0.25, -0.2) is 4.79 Å². The smallest absolute Gasteiger partial charge is 0.314 e. The fraction of sp³-hybridized carbons (Fsp3) is 0.846. The van der Waals surface area contributed by atoms with Gasteiger partial charge in [0.05, 0.1) is 12.5 Å². The van der Waals surface area contributed by atoms with Crippen molar-refractivity contribution >= 4 is 12.0 Å². The Balaban J connectivity index is 2.13. The number of urea groups is 1. The van der Waals surface area contributed by atoms with Crippen LogP contribution in [0.2, 0.25) is 0 Å². The van der Waals surface area contributed by atoms with Gasteiger partial charge in [0.1, 0.15) is 0 Å². The maximum atomic E-state index is 11.6. The molecule has 0 radical (unpaired) electrons. The zero-order valence-electron chi connectivity index (χ0n) is 11.5. The molecule has 1 unspecified atom stereocenters. The minimum atomic E-state index is -0.934. The Hall–Kier alpha value is -1.30. The van der Waals surface area contributed by atoms with Crippen molar-refractivity contribution in [3.63, 3.8) is 0 Å². The van der Waals surface area contributed by atoms with Gasteiger partial charge in [0, 0.05) is 20.2 Å². The van der Waals surface area contributed by atoms with Gasteiger partial charge in [-0.05, 0) is 18.8 Å². The first-order valence-corrected chi connectivity index (χ1v) is 6.88. The molecule has 1 atom stereocenters. The molecule has 19 heavy (non-hydrogen) atoms. The van der Waals surface area contributed by atoms with Gasteiger partial charge >= 0.3 is 12.0 Å². The second kappa shape index (κ2) is 8.74. The molecule has 6 heteroatoms. The largest absolute Gasteiger partial charge is 0.481 e. The molecule has 110 valence electrons. The molecule has 1 aliphatic carbocycles. The molecule has 0 aromatic carbocycles. The fourth-order valence-electron chi connectivity index (χ4n) is 2.33. The molecule has 0 bridgehead atoms.